The second-order valence-electron chi connectivity index (χ2n) is 11.1. The van der Waals surface area contributed by atoms with E-state index in [1.807, 2.05) is 6.07 Å². The number of hydrogen-bond acceptors (Lipinski definition) is 4. The molecule has 1 aliphatic carbocycles. The van der Waals surface area contributed by atoms with Crippen molar-refractivity contribution in [2.45, 2.75) is 64.3 Å². The van der Waals surface area contributed by atoms with Gasteiger partial charge < -0.3 is 18.9 Å². The summed E-state index contributed by atoms with van der Waals surface area (Å²) < 4.78 is 27.6. The van der Waals surface area contributed by atoms with Crippen LogP contribution in [0.15, 0.2) is 52.5 Å². The van der Waals surface area contributed by atoms with Crippen LogP contribution in [-0.4, -0.2) is 19.0 Å². The molecule has 0 saturated heterocycles. The Bertz CT molecular complexity index is 1550. The van der Waals surface area contributed by atoms with Crippen LogP contribution in [0.3, 0.4) is 0 Å². The van der Waals surface area contributed by atoms with Crippen molar-refractivity contribution in [1.29, 1.82) is 0 Å². The van der Waals surface area contributed by atoms with E-state index in [0.29, 0.717) is 0 Å². The molecule has 36 heavy (non-hydrogen) atoms. The molecule has 0 fully saturated rings. The zero-order valence-corrected chi connectivity index (χ0v) is 23.2. The number of benzene rings is 3. The first-order chi connectivity index (χ1) is 17.1. The molecule has 3 aliphatic heterocycles. The van der Waals surface area contributed by atoms with E-state index >= 15 is 0 Å². The molecule has 184 valence electrons. The van der Waals surface area contributed by atoms with Crippen LogP contribution in [0.25, 0.3) is 0 Å². The minimum absolute atomic E-state index is 0.270. The molecule has 4 nitrogen and oxygen atoms in total. The number of aryl methyl sites for hydroxylation is 4. The third kappa shape index (κ3) is 2.28. The molecule has 0 saturated carbocycles. The topological polar surface area (TPSA) is 36.9 Å². The summed E-state index contributed by atoms with van der Waals surface area (Å²) in [5, 5.41) is 0. The third-order valence-electron chi connectivity index (χ3n) is 8.75. The highest BCUT2D eigenvalue weighted by molar-refractivity contribution is 9.10. The first kappa shape index (κ1) is 22.3. The minimum atomic E-state index is -1.04. The van der Waals surface area contributed by atoms with Gasteiger partial charge in [0.15, 0.2) is 0 Å². The average molecular weight is 545 g/mol. The number of methoxy groups -OCH3 is 1. The van der Waals surface area contributed by atoms with E-state index < -0.39 is 11.2 Å². The Morgan fingerprint density at radius 3 is 2.17 bits per heavy atom. The Morgan fingerprint density at radius 2 is 1.47 bits per heavy atom. The largest absolute Gasteiger partial charge is 0.495 e. The summed E-state index contributed by atoms with van der Waals surface area (Å²) in [7, 11) is 1.68. The van der Waals surface area contributed by atoms with Crippen molar-refractivity contribution in [2.75, 3.05) is 7.11 Å². The summed E-state index contributed by atoms with van der Waals surface area (Å²) in [6.07, 6.45) is 2.06. The van der Waals surface area contributed by atoms with Crippen molar-refractivity contribution < 1.29 is 18.9 Å². The molecule has 3 aromatic carbocycles. The molecular weight excluding hydrogens is 516 g/mol. The average Bonchev–Trinajstić information content (AvgIpc) is 3.37. The monoisotopic (exact) mass is 544 g/mol. The maximum atomic E-state index is 7.10. The van der Waals surface area contributed by atoms with Crippen LogP contribution < -0.4 is 18.9 Å². The highest BCUT2D eigenvalue weighted by Gasteiger charge is 2.79. The zero-order valence-electron chi connectivity index (χ0n) is 21.6. The van der Waals surface area contributed by atoms with E-state index in [0.717, 1.165) is 55.3 Å². The number of ether oxygens (including phenoxy) is 4. The van der Waals surface area contributed by atoms with Crippen molar-refractivity contribution in [2.24, 2.45) is 0 Å². The third-order valence-corrected chi connectivity index (χ3v) is 9.37. The smallest absolute Gasteiger partial charge is 0.291 e. The molecule has 5 heteroatoms. The van der Waals surface area contributed by atoms with Gasteiger partial charge in [0.05, 0.1) is 17.0 Å². The standard InChI is InChI=1S/C31H29BrO4/c1-15-8-17(3)26-21(10-15)29(6)14-19(5)31-30(28(29)34-26,22-11-16(2)9-18(4)27(22)36-31)20-12-23(32)25(33-7)13-24(20)35-31/h8-14,28H,1-7H3/t28-,29+,30+,31-/m1/s1. The van der Waals surface area contributed by atoms with E-state index in [4.69, 9.17) is 18.9 Å². The lowest BCUT2D eigenvalue weighted by atomic mass is 9.54. The van der Waals surface area contributed by atoms with Gasteiger partial charge >= 0.3 is 0 Å². The van der Waals surface area contributed by atoms with Gasteiger partial charge in [-0.15, -0.1) is 0 Å². The first-order valence-corrected chi connectivity index (χ1v) is 13.2. The van der Waals surface area contributed by atoms with Crippen LogP contribution in [0.4, 0.5) is 0 Å². The number of hydrogen-bond donors (Lipinski definition) is 0. The molecule has 0 N–H and O–H groups in total. The maximum Gasteiger partial charge on any atom is 0.291 e. The SMILES string of the molecule is COc1cc2c(cc1Br)[C@@]13c4cc(C)cc(C)c4O[C@]1(O2)C(C)=C[C@@]1(C)c2cc(C)cc(C)c2O[C@@H]31. The van der Waals surface area contributed by atoms with Gasteiger partial charge in [0.25, 0.3) is 5.79 Å². The lowest BCUT2D eigenvalue weighted by Crippen LogP contribution is -2.66. The van der Waals surface area contributed by atoms with Crippen molar-refractivity contribution in [3.63, 3.8) is 0 Å². The normalized spacial score (nSPS) is 30.0. The van der Waals surface area contributed by atoms with Crippen molar-refractivity contribution in [3.8, 4) is 23.0 Å². The Morgan fingerprint density at radius 1 is 0.806 bits per heavy atom. The lowest BCUT2D eigenvalue weighted by Gasteiger charge is -2.49. The van der Waals surface area contributed by atoms with Gasteiger partial charge in [-0.1, -0.05) is 41.5 Å². The van der Waals surface area contributed by atoms with Gasteiger partial charge in [0.2, 0.25) is 0 Å². The fourth-order valence-electron chi connectivity index (χ4n) is 7.50. The van der Waals surface area contributed by atoms with Crippen molar-refractivity contribution in [3.05, 3.63) is 91.5 Å². The molecule has 7 rings (SSSR count). The van der Waals surface area contributed by atoms with Crippen LogP contribution in [0.2, 0.25) is 0 Å². The summed E-state index contributed by atoms with van der Waals surface area (Å²) in [5.41, 5.74) is 8.07. The molecule has 4 aliphatic rings. The summed E-state index contributed by atoms with van der Waals surface area (Å²) >= 11 is 3.76. The molecule has 0 bridgehead atoms. The summed E-state index contributed by atoms with van der Waals surface area (Å²) in [5.74, 6) is 2.32. The second kappa shape index (κ2) is 6.69. The summed E-state index contributed by atoms with van der Waals surface area (Å²) in [6, 6.07) is 13.1. The number of halogens is 1. The molecule has 0 amide bonds. The molecular formula is C31H29BrO4. The number of fused-ring (bicyclic) bond motifs is 5. The molecule has 3 aromatic rings. The lowest BCUT2D eigenvalue weighted by molar-refractivity contribution is -0.126. The molecule has 0 radical (unpaired) electrons. The molecule has 3 heterocycles. The van der Waals surface area contributed by atoms with Crippen LogP contribution >= 0.6 is 15.9 Å². The maximum absolute atomic E-state index is 7.10. The van der Waals surface area contributed by atoms with E-state index in [-0.39, 0.29) is 11.5 Å². The quantitative estimate of drug-likeness (QED) is 0.305. The van der Waals surface area contributed by atoms with E-state index in [9.17, 15) is 0 Å². The molecule has 0 aromatic heterocycles. The Balaban J connectivity index is 1.64. The van der Waals surface area contributed by atoms with E-state index in [2.05, 4.69) is 93.9 Å². The minimum Gasteiger partial charge on any atom is -0.495 e. The second-order valence-corrected chi connectivity index (χ2v) is 12.0. The fraction of sp³-hybridized carbons (Fsp3) is 0.355. The molecule has 4 atom stereocenters. The Labute approximate surface area is 220 Å². The van der Waals surface area contributed by atoms with Crippen molar-refractivity contribution >= 4 is 15.9 Å². The van der Waals surface area contributed by atoms with Gasteiger partial charge in [0.1, 0.15) is 34.5 Å². The highest BCUT2D eigenvalue weighted by Crippen LogP contribution is 2.71. The van der Waals surface area contributed by atoms with Gasteiger partial charge in [-0.05, 0) is 74.7 Å². The van der Waals surface area contributed by atoms with Gasteiger partial charge in [-0.3, -0.25) is 0 Å². The summed E-state index contributed by atoms with van der Waals surface area (Å²) in [4.78, 5) is 0. The van der Waals surface area contributed by atoms with E-state index in [1.54, 1.807) is 7.11 Å². The Kier molecular flexibility index (Phi) is 4.14. The molecule has 0 unspecified atom stereocenters. The predicted molar refractivity (Wildman–Crippen MR) is 143 cm³/mol. The van der Waals surface area contributed by atoms with E-state index in [1.165, 1.54) is 16.7 Å². The van der Waals surface area contributed by atoms with Crippen LogP contribution in [-0.2, 0) is 10.8 Å². The van der Waals surface area contributed by atoms with Crippen LogP contribution in [0, 0.1) is 27.7 Å². The predicted octanol–water partition coefficient (Wildman–Crippen LogP) is 7.14. The zero-order chi connectivity index (χ0) is 25.4. The summed E-state index contributed by atoms with van der Waals surface area (Å²) in [6.45, 7) is 13.0. The highest BCUT2D eigenvalue weighted by atomic mass is 79.9. The Hall–Kier alpha value is -2.92. The van der Waals surface area contributed by atoms with Crippen molar-refractivity contribution in [1.82, 2.24) is 0 Å². The van der Waals surface area contributed by atoms with Gasteiger partial charge in [-0.2, -0.15) is 0 Å². The molecule has 0 spiro atoms. The van der Waals surface area contributed by atoms with Crippen LogP contribution in [0.1, 0.15) is 52.8 Å². The van der Waals surface area contributed by atoms with Gasteiger partial charge in [0, 0.05) is 28.3 Å². The van der Waals surface area contributed by atoms with Gasteiger partial charge in [-0.25, -0.2) is 0 Å². The first-order valence-electron chi connectivity index (χ1n) is 12.4. The number of rotatable bonds is 1. The van der Waals surface area contributed by atoms with Crippen LogP contribution in [0.5, 0.6) is 23.0 Å². The fourth-order valence-corrected chi connectivity index (χ4v) is 8.01.